The van der Waals surface area contributed by atoms with Crippen LogP contribution in [0.4, 0.5) is 0 Å². The Balaban J connectivity index is 1.76. The SMILES string of the molecule is CC(CNC(=O)C1CCC(N)C1)c1nccs1. The van der Waals surface area contributed by atoms with Gasteiger partial charge in [0.05, 0.1) is 5.01 Å². The average molecular weight is 253 g/mol. The second-order valence-electron chi connectivity index (χ2n) is 4.79. The minimum atomic E-state index is 0.119. The number of carbonyl (C=O) groups is 1. The van der Waals surface area contributed by atoms with Gasteiger partial charge in [0.2, 0.25) is 5.91 Å². The Labute approximate surface area is 106 Å². The molecule has 3 unspecified atom stereocenters. The van der Waals surface area contributed by atoms with Crippen LogP contribution in [-0.2, 0) is 4.79 Å². The van der Waals surface area contributed by atoms with E-state index in [1.165, 1.54) is 0 Å². The lowest BCUT2D eigenvalue weighted by Crippen LogP contribution is -2.33. The Morgan fingerprint density at radius 3 is 3.12 bits per heavy atom. The molecule has 0 radical (unpaired) electrons. The third kappa shape index (κ3) is 3.26. The van der Waals surface area contributed by atoms with E-state index in [-0.39, 0.29) is 23.8 Å². The molecule has 3 N–H and O–H groups in total. The summed E-state index contributed by atoms with van der Waals surface area (Å²) in [5.74, 6) is 0.559. The molecule has 1 aliphatic carbocycles. The Morgan fingerprint density at radius 1 is 1.71 bits per heavy atom. The van der Waals surface area contributed by atoms with Crippen molar-refractivity contribution < 1.29 is 4.79 Å². The van der Waals surface area contributed by atoms with E-state index in [0.717, 1.165) is 24.3 Å². The van der Waals surface area contributed by atoms with Gasteiger partial charge in [-0.2, -0.15) is 0 Å². The predicted molar refractivity (Wildman–Crippen MR) is 68.9 cm³/mol. The van der Waals surface area contributed by atoms with Crippen LogP contribution in [0.5, 0.6) is 0 Å². The highest BCUT2D eigenvalue weighted by Gasteiger charge is 2.27. The van der Waals surface area contributed by atoms with Crippen LogP contribution in [0.1, 0.15) is 37.1 Å². The maximum atomic E-state index is 11.9. The molecule has 1 aliphatic rings. The molecule has 0 bridgehead atoms. The number of nitrogens with zero attached hydrogens (tertiary/aromatic N) is 1. The van der Waals surface area contributed by atoms with Crippen molar-refractivity contribution in [1.82, 2.24) is 10.3 Å². The van der Waals surface area contributed by atoms with E-state index >= 15 is 0 Å². The number of hydrogen-bond acceptors (Lipinski definition) is 4. The summed E-state index contributed by atoms with van der Waals surface area (Å²) in [6.45, 7) is 2.75. The Morgan fingerprint density at radius 2 is 2.53 bits per heavy atom. The maximum Gasteiger partial charge on any atom is 0.223 e. The van der Waals surface area contributed by atoms with Gasteiger partial charge in [-0.05, 0) is 19.3 Å². The zero-order chi connectivity index (χ0) is 12.3. The van der Waals surface area contributed by atoms with Gasteiger partial charge < -0.3 is 11.1 Å². The zero-order valence-corrected chi connectivity index (χ0v) is 10.9. The van der Waals surface area contributed by atoms with Gasteiger partial charge in [0.15, 0.2) is 0 Å². The number of carbonyl (C=O) groups excluding carboxylic acids is 1. The van der Waals surface area contributed by atoms with E-state index in [1.807, 2.05) is 5.38 Å². The highest BCUT2D eigenvalue weighted by Crippen LogP contribution is 2.24. The first-order chi connectivity index (χ1) is 8.16. The first-order valence-corrected chi connectivity index (χ1v) is 6.97. The Bertz CT molecular complexity index is 366. The van der Waals surface area contributed by atoms with Gasteiger partial charge in [0.1, 0.15) is 0 Å². The topological polar surface area (TPSA) is 68.0 Å². The van der Waals surface area contributed by atoms with Crippen molar-refractivity contribution in [2.75, 3.05) is 6.54 Å². The monoisotopic (exact) mass is 253 g/mol. The quantitative estimate of drug-likeness (QED) is 0.854. The van der Waals surface area contributed by atoms with E-state index < -0.39 is 0 Å². The number of nitrogens with two attached hydrogens (primary N) is 1. The van der Waals surface area contributed by atoms with Crippen LogP contribution in [0, 0.1) is 5.92 Å². The molecule has 1 saturated carbocycles. The van der Waals surface area contributed by atoms with Crippen LogP contribution in [-0.4, -0.2) is 23.5 Å². The van der Waals surface area contributed by atoms with E-state index in [2.05, 4.69) is 17.2 Å². The van der Waals surface area contributed by atoms with Gasteiger partial charge in [0, 0.05) is 36.0 Å². The number of aromatic nitrogens is 1. The molecule has 0 spiro atoms. The van der Waals surface area contributed by atoms with Gasteiger partial charge in [0.25, 0.3) is 0 Å². The highest BCUT2D eigenvalue weighted by atomic mass is 32.1. The second-order valence-corrected chi connectivity index (χ2v) is 5.71. The first kappa shape index (κ1) is 12.5. The lowest BCUT2D eigenvalue weighted by atomic mass is 10.1. The molecule has 1 aromatic heterocycles. The number of hydrogen-bond donors (Lipinski definition) is 2. The van der Waals surface area contributed by atoms with E-state index in [0.29, 0.717) is 6.54 Å². The number of thiazole rings is 1. The third-order valence-electron chi connectivity index (χ3n) is 3.30. The van der Waals surface area contributed by atoms with E-state index in [4.69, 9.17) is 5.73 Å². The van der Waals surface area contributed by atoms with E-state index in [1.54, 1.807) is 17.5 Å². The minimum absolute atomic E-state index is 0.119. The van der Waals surface area contributed by atoms with Crippen molar-refractivity contribution in [2.45, 2.75) is 38.1 Å². The van der Waals surface area contributed by atoms with Crippen LogP contribution in [0.25, 0.3) is 0 Å². The van der Waals surface area contributed by atoms with Crippen molar-refractivity contribution in [3.63, 3.8) is 0 Å². The van der Waals surface area contributed by atoms with Crippen LogP contribution in [0.15, 0.2) is 11.6 Å². The van der Waals surface area contributed by atoms with Crippen molar-refractivity contribution >= 4 is 17.2 Å². The molecule has 0 aliphatic heterocycles. The number of rotatable bonds is 4. The average Bonchev–Trinajstić information content (AvgIpc) is 2.95. The van der Waals surface area contributed by atoms with Crippen LogP contribution in [0.3, 0.4) is 0 Å². The summed E-state index contributed by atoms with van der Waals surface area (Å²) in [5.41, 5.74) is 5.81. The van der Waals surface area contributed by atoms with Crippen molar-refractivity contribution in [3.8, 4) is 0 Å². The molecule has 1 aromatic rings. The van der Waals surface area contributed by atoms with Crippen LogP contribution in [0.2, 0.25) is 0 Å². The largest absolute Gasteiger partial charge is 0.355 e. The molecular formula is C12H19N3OS. The van der Waals surface area contributed by atoms with Gasteiger partial charge >= 0.3 is 0 Å². The van der Waals surface area contributed by atoms with E-state index in [9.17, 15) is 4.79 Å². The number of amides is 1. The fourth-order valence-electron chi connectivity index (χ4n) is 2.22. The molecule has 3 atom stereocenters. The molecule has 1 fully saturated rings. The minimum Gasteiger partial charge on any atom is -0.355 e. The molecule has 1 heterocycles. The van der Waals surface area contributed by atoms with Gasteiger partial charge in [-0.15, -0.1) is 11.3 Å². The second kappa shape index (κ2) is 5.60. The summed E-state index contributed by atoms with van der Waals surface area (Å²) in [6, 6.07) is 0.210. The summed E-state index contributed by atoms with van der Waals surface area (Å²) in [7, 11) is 0. The summed E-state index contributed by atoms with van der Waals surface area (Å²) >= 11 is 1.63. The molecular weight excluding hydrogens is 234 g/mol. The number of nitrogens with one attached hydrogen (secondary N) is 1. The fraction of sp³-hybridized carbons (Fsp3) is 0.667. The lowest BCUT2D eigenvalue weighted by molar-refractivity contribution is -0.124. The summed E-state index contributed by atoms with van der Waals surface area (Å²) in [4.78, 5) is 16.1. The van der Waals surface area contributed by atoms with Crippen molar-refractivity contribution in [3.05, 3.63) is 16.6 Å². The molecule has 5 heteroatoms. The fourth-order valence-corrected chi connectivity index (χ4v) is 2.92. The summed E-state index contributed by atoms with van der Waals surface area (Å²) < 4.78 is 0. The summed E-state index contributed by atoms with van der Waals surface area (Å²) in [6.07, 6.45) is 4.53. The predicted octanol–water partition coefficient (Wildman–Crippen LogP) is 1.49. The van der Waals surface area contributed by atoms with Gasteiger partial charge in [-0.1, -0.05) is 6.92 Å². The molecule has 0 saturated heterocycles. The highest BCUT2D eigenvalue weighted by molar-refractivity contribution is 7.09. The van der Waals surface area contributed by atoms with Gasteiger partial charge in [-0.25, -0.2) is 4.98 Å². The zero-order valence-electron chi connectivity index (χ0n) is 10.1. The Hall–Kier alpha value is -0.940. The standard InChI is InChI=1S/C12H19N3OS/c1-8(12-14-4-5-17-12)7-15-11(16)9-2-3-10(13)6-9/h4-5,8-10H,2-3,6-7,13H2,1H3,(H,15,16). The Kier molecular flexibility index (Phi) is 4.12. The first-order valence-electron chi connectivity index (χ1n) is 6.09. The van der Waals surface area contributed by atoms with Crippen LogP contribution >= 0.6 is 11.3 Å². The molecule has 94 valence electrons. The van der Waals surface area contributed by atoms with Crippen molar-refractivity contribution in [2.24, 2.45) is 11.7 Å². The molecule has 2 rings (SSSR count). The molecule has 4 nitrogen and oxygen atoms in total. The maximum absolute atomic E-state index is 11.9. The lowest BCUT2D eigenvalue weighted by Gasteiger charge is -2.13. The van der Waals surface area contributed by atoms with Crippen molar-refractivity contribution in [1.29, 1.82) is 0 Å². The molecule has 1 amide bonds. The molecule has 0 aromatic carbocycles. The smallest absolute Gasteiger partial charge is 0.223 e. The van der Waals surface area contributed by atoms with Gasteiger partial charge in [-0.3, -0.25) is 4.79 Å². The molecule has 17 heavy (non-hydrogen) atoms. The normalized spacial score (nSPS) is 25.8. The van der Waals surface area contributed by atoms with Crippen LogP contribution < -0.4 is 11.1 Å². The summed E-state index contributed by atoms with van der Waals surface area (Å²) in [5, 5.41) is 6.04. The third-order valence-corrected chi connectivity index (χ3v) is 4.31.